The Morgan fingerprint density at radius 3 is 2.47 bits per heavy atom. The molecule has 0 N–H and O–H groups in total. The van der Waals surface area contributed by atoms with Crippen LogP contribution in [0.1, 0.15) is 34.1 Å². The first-order valence-electron chi connectivity index (χ1n) is 5.60. The number of rotatable bonds is 4. The highest BCUT2D eigenvalue weighted by atomic mass is 16.8. The van der Waals surface area contributed by atoms with Gasteiger partial charge in [0.05, 0.1) is 23.5 Å². The Morgan fingerprint density at radius 2 is 2.06 bits per heavy atom. The topological polar surface area (TPSA) is 77.2 Å². The van der Waals surface area contributed by atoms with E-state index in [4.69, 9.17) is 9.57 Å². The summed E-state index contributed by atoms with van der Waals surface area (Å²) in [6.07, 6.45) is 0.0995. The van der Waals surface area contributed by atoms with Gasteiger partial charge in [0.1, 0.15) is 0 Å². The molecular formula is C10H19N3O4. The first kappa shape index (κ1) is 13.5. The van der Waals surface area contributed by atoms with Crippen LogP contribution in [0.2, 0.25) is 0 Å². The smallest absolute Gasteiger partial charge is 0.314 e. The monoisotopic (exact) mass is 245 g/mol. The fraction of sp³-hybridized carbons (Fsp3) is 0.900. The van der Waals surface area contributed by atoms with Gasteiger partial charge in [-0.25, -0.2) is 0 Å². The van der Waals surface area contributed by atoms with Crippen LogP contribution in [0.5, 0.6) is 0 Å². The predicted molar refractivity (Wildman–Crippen MR) is 58.3 cm³/mol. The van der Waals surface area contributed by atoms with Crippen molar-refractivity contribution in [2.24, 2.45) is 10.7 Å². The molecule has 17 heavy (non-hydrogen) atoms. The van der Waals surface area contributed by atoms with Gasteiger partial charge < -0.3 is 9.94 Å². The zero-order valence-corrected chi connectivity index (χ0v) is 10.7. The van der Waals surface area contributed by atoms with Gasteiger partial charge in [-0.2, -0.15) is 0 Å². The molecule has 1 heterocycles. The normalized spacial score (nSPS) is 18.4. The molecule has 98 valence electrons. The average Bonchev–Trinajstić information content (AvgIpc) is 2.10. The third-order valence-electron chi connectivity index (χ3n) is 2.23. The van der Waals surface area contributed by atoms with Crippen LogP contribution >= 0.6 is 0 Å². The van der Waals surface area contributed by atoms with E-state index in [-0.39, 0.29) is 0 Å². The van der Waals surface area contributed by atoms with Crippen LogP contribution < -0.4 is 0 Å². The van der Waals surface area contributed by atoms with E-state index in [0.717, 1.165) is 6.42 Å². The lowest BCUT2D eigenvalue weighted by Gasteiger charge is -2.25. The van der Waals surface area contributed by atoms with Gasteiger partial charge in [-0.1, -0.05) is 0 Å². The summed E-state index contributed by atoms with van der Waals surface area (Å²) in [4.78, 5) is 16.6. The largest absolute Gasteiger partial charge is 0.569 e. The van der Waals surface area contributed by atoms with Crippen molar-refractivity contribution >= 4 is 5.97 Å². The van der Waals surface area contributed by atoms with Crippen molar-refractivity contribution in [2.75, 3.05) is 13.1 Å². The van der Waals surface area contributed by atoms with Gasteiger partial charge in [0.2, 0.25) is 5.28 Å². The highest BCUT2D eigenvalue weighted by Crippen LogP contribution is 2.16. The van der Waals surface area contributed by atoms with E-state index in [0.29, 0.717) is 18.1 Å². The number of esters is 1. The quantitative estimate of drug-likeness (QED) is 0.246. The van der Waals surface area contributed by atoms with Gasteiger partial charge in [-0.3, -0.25) is 9.63 Å². The minimum absolute atomic E-state index is 0.380. The molecule has 0 radical (unpaired) electrons. The van der Waals surface area contributed by atoms with E-state index in [1.807, 2.05) is 0 Å². The number of carbonyl (C=O) groups is 1. The van der Waals surface area contributed by atoms with Crippen molar-refractivity contribution in [3.8, 4) is 0 Å². The van der Waals surface area contributed by atoms with E-state index >= 15 is 0 Å². The summed E-state index contributed by atoms with van der Waals surface area (Å²) < 4.78 is 4.96. The number of carbonyl (C=O) groups excluding carboxylic acids is 1. The van der Waals surface area contributed by atoms with Crippen LogP contribution in [0, 0.1) is 10.6 Å². The lowest BCUT2D eigenvalue weighted by molar-refractivity contribution is -0.724. The predicted octanol–water partition coefficient (Wildman–Crippen LogP) is 1.44. The molecule has 0 bridgehead atoms. The molecule has 1 unspecified atom stereocenters. The van der Waals surface area contributed by atoms with E-state index < -0.39 is 17.7 Å². The summed E-state index contributed by atoms with van der Waals surface area (Å²) in [5, 5.41) is 16.0. The Labute approximate surface area is 100 Å². The molecule has 0 aromatic rings. The Balaban J connectivity index is 2.34. The number of nitrogens with zero attached hydrogens (tertiary/aromatic N) is 3. The lowest BCUT2D eigenvalue weighted by Crippen LogP contribution is -2.42. The summed E-state index contributed by atoms with van der Waals surface area (Å²) in [5.41, 5.74) is -0.605. The molecule has 1 saturated heterocycles. The molecule has 1 rings (SSSR count). The van der Waals surface area contributed by atoms with Crippen molar-refractivity contribution in [3.05, 3.63) is 5.21 Å². The molecular weight excluding hydrogens is 226 g/mol. The highest BCUT2D eigenvalue weighted by Gasteiger charge is 2.26. The molecule has 0 saturated carbocycles. The molecule has 0 aromatic heterocycles. The van der Waals surface area contributed by atoms with Crippen molar-refractivity contribution in [3.63, 3.8) is 0 Å². The Bertz CT molecular complexity index is 307. The maximum atomic E-state index is 11.5. The standard InChI is InChI=1S/C10H19N3O4/c1-8(16-9(14)10(2,3)4)17-11-13(15)12-6-5-7-12/h8H,5-7H2,1-4H3/b13-11-. The molecule has 1 fully saturated rings. The van der Waals surface area contributed by atoms with Crippen molar-refractivity contribution in [1.29, 1.82) is 0 Å². The third kappa shape index (κ3) is 4.08. The molecule has 0 amide bonds. The minimum atomic E-state index is -0.876. The van der Waals surface area contributed by atoms with Crippen LogP contribution in [0.25, 0.3) is 0 Å². The molecule has 0 aliphatic carbocycles. The Morgan fingerprint density at radius 1 is 1.47 bits per heavy atom. The highest BCUT2D eigenvalue weighted by molar-refractivity contribution is 5.75. The fourth-order valence-corrected chi connectivity index (χ4v) is 0.978. The lowest BCUT2D eigenvalue weighted by atomic mass is 9.97. The summed E-state index contributed by atoms with van der Waals surface area (Å²) >= 11 is 0. The van der Waals surface area contributed by atoms with Gasteiger partial charge in [-0.15, -0.1) is 5.01 Å². The van der Waals surface area contributed by atoms with E-state index in [1.165, 1.54) is 11.9 Å². The molecule has 7 nitrogen and oxygen atoms in total. The molecule has 0 aromatic carbocycles. The summed E-state index contributed by atoms with van der Waals surface area (Å²) in [6, 6.07) is 0. The molecule has 1 atom stereocenters. The zero-order valence-electron chi connectivity index (χ0n) is 10.7. The number of hydrazine groups is 1. The number of hydrogen-bond acceptors (Lipinski definition) is 5. The zero-order chi connectivity index (χ0) is 13.1. The maximum absolute atomic E-state index is 11.5. The van der Waals surface area contributed by atoms with E-state index in [9.17, 15) is 10.0 Å². The first-order valence-corrected chi connectivity index (χ1v) is 5.60. The Hall–Kier alpha value is -1.53. The van der Waals surface area contributed by atoms with Gasteiger partial charge in [0.15, 0.2) is 0 Å². The third-order valence-corrected chi connectivity index (χ3v) is 2.23. The summed E-state index contributed by atoms with van der Waals surface area (Å²) in [5.74, 6) is -0.401. The van der Waals surface area contributed by atoms with Gasteiger partial charge >= 0.3 is 5.97 Å². The molecule has 0 spiro atoms. The van der Waals surface area contributed by atoms with E-state index in [2.05, 4.69) is 5.28 Å². The average molecular weight is 245 g/mol. The number of ether oxygens (including phenoxy) is 1. The minimum Gasteiger partial charge on any atom is -0.569 e. The van der Waals surface area contributed by atoms with Crippen molar-refractivity contribution in [1.82, 2.24) is 5.01 Å². The first-order chi connectivity index (χ1) is 7.80. The van der Waals surface area contributed by atoms with Gasteiger partial charge in [0.25, 0.3) is 6.29 Å². The maximum Gasteiger partial charge on any atom is 0.314 e. The fourth-order valence-electron chi connectivity index (χ4n) is 0.978. The number of hydrogen-bond donors (Lipinski definition) is 0. The van der Waals surface area contributed by atoms with Crippen LogP contribution in [-0.4, -0.2) is 35.3 Å². The second kappa shape index (κ2) is 5.20. The SMILES string of the molecule is CC(O/N=[N+](\[O-])N1CCC1)OC(=O)C(C)(C)C. The van der Waals surface area contributed by atoms with Crippen LogP contribution in [0.15, 0.2) is 5.28 Å². The summed E-state index contributed by atoms with van der Waals surface area (Å²) in [7, 11) is 0. The van der Waals surface area contributed by atoms with Crippen LogP contribution in [-0.2, 0) is 14.4 Å². The van der Waals surface area contributed by atoms with Gasteiger partial charge in [0, 0.05) is 6.92 Å². The van der Waals surface area contributed by atoms with E-state index in [1.54, 1.807) is 20.8 Å². The Kier molecular flexibility index (Phi) is 4.14. The molecule has 7 heteroatoms. The second-order valence-corrected chi connectivity index (χ2v) is 4.97. The summed E-state index contributed by atoms with van der Waals surface area (Å²) in [6.45, 7) is 8.06. The molecule has 1 aliphatic rings. The van der Waals surface area contributed by atoms with Crippen LogP contribution in [0.3, 0.4) is 0 Å². The van der Waals surface area contributed by atoms with Crippen molar-refractivity contribution in [2.45, 2.75) is 40.4 Å². The molecule has 1 aliphatic heterocycles. The van der Waals surface area contributed by atoms with Crippen molar-refractivity contribution < 1.29 is 19.3 Å². The van der Waals surface area contributed by atoms with Crippen LogP contribution in [0.4, 0.5) is 0 Å². The second-order valence-electron chi connectivity index (χ2n) is 4.97. The van der Waals surface area contributed by atoms with Gasteiger partial charge in [-0.05, 0) is 27.2 Å².